The van der Waals surface area contributed by atoms with Crippen LogP contribution >= 0.6 is 0 Å². The third-order valence-electron chi connectivity index (χ3n) is 4.74. The second-order valence-electron chi connectivity index (χ2n) is 7.05. The van der Waals surface area contributed by atoms with Crippen LogP contribution in [0.25, 0.3) is 11.0 Å². The van der Waals surface area contributed by atoms with Crippen LogP contribution in [0.1, 0.15) is 35.3 Å². The second-order valence-corrected chi connectivity index (χ2v) is 7.05. The normalized spacial score (nSPS) is 13.7. The lowest BCUT2D eigenvalue weighted by Crippen LogP contribution is -2.36. The summed E-state index contributed by atoms with van der Waals surface area (Å²) in [5.74, 6) is 0.456. The Hall–Kier alpha value is -3.08. The van der Waals surface area contributed by atoms with E-state index in [1.165, 1.54) is 11.6 Å². The molecule has 0 saturated carbocycles. The molecule has 0 fully saturated rings. The van der Waals surface area contributed by atoms with Gasteiger partial charge in [-0.2, -0.15) is 0 Å². The fraction of sp³-hybridized carbons (Fsp3) is 0.273. The van der Waals surface area contributed by atoms with Gasteiger partial charge in [0.25, 0.3) is 5.91 Å². The van der Waals surface area contributed by atoms with Gasteiger partial charge in [-0.3, -0.25) is 4.79 Å². The monoisotopic (exact) mass is 363 g/mol. The number of carbonyl (C=O) groups is 1. The van der Waals surface area contributed by atoms with Gasteiger partial charge in [-0.05, 0) is 43.5 Å². The summed E-state index contributed by atoms with van der Waals surface area (Å²) in [7, 11) is 0. The lowest BCUT2D eigenvalue weighted by atomic mass is 9.99. The van der Waals surface area contributed by atoms with Crippen LogP contribution in [-0.4, -0.2) is 23.5 Å². The van der Waals surface area contributed by atoms with Gasteiger partial charge in [0.05, 0.1) is 11.7 Å². The largest absolute Gasteiger partial charge is 0.491 e. The number of nitrogens with zero attached hydrogens (tertiary/aromatic N) is 1. The maximum atomic E-state index is 13.2. The van der Waals surface area contributed by atoms with E-state index in [0.717, 1.165) is 12.0 Å². The van der Waals surface area contributed by atoms with E-state index in [4.69, 9.17) is 9.15 Å². The highest BCUT2D eigenvalue weighted by molar-refractivity contribution is 6.05. The molecule has 1 aliphatic rings. The van der Waals surface area contributed by atoms with Crippen LogP contribution in [0.2, 0.25) is 0 Å². The fourth-order valence-electron chi connectivity index (χ4n) is 3.50. The number of carbonyl (C=O) groups excluding carboxylic acids is 1. The number of fused-ring (bicyclic) bond motifs is 2. The van der Waals surface area contributed by atoms with Crippen molar-refractivity contribution in [2.45, 2.75) is 32.9 Å². The summed E-state index contributed by atoms with van der Waals surface area (Å²) in [6, 6.07) is 14.7. The van der Waals surface area contributed by atoms with Crippen molar-refractivity contribution in [1.82, 2.24) is 4.90 Å². The quantitative estimate of drug-likeness (QED) is 0.665. The molecule has 0 saturated heterocycles. The van der Waals surface area contributed by atoms with Crippen molar-refractivity contribution in [3.63, 3.8) is 0 Å². The molecule has 0 atom stereocenters. The zero-order valence-electron chi connectivity index (χ0n) is 15.4. The minimum Gasteiger partial charge on any atom is -0.491 e. The first-order valence-electron chi connectivity index (χ1n) is 9.12. The standard InChI is InChI=1S/C22H21NO4/c1-14(2)26-17-7-8-18-19(12-21(24)27-20(18)11-17)22(25)23-10-9-15-5-3-4-6-16(15)13-23/h3-8,11-12,14H,9-10,13H2,1-2H3. The molecular weight excluding hydrogens is 342 g/mol. The molecule has 0 aliphatic carbocycles. The van der Waals surface area contributed by atoms with Crippen LogP contribution in [-0.2, 0) is 13.0 Å². The highest BCUT2D eigenvalue weighted by atomic mass is 16.5. The summed E-state index contributed by atoms with van der Waals surface area (Å²) in [6.07, 6.45) is 0.820. The Labute approximate surface area is 157 Å². The smallest absolute Gasteiger partial charge is 0.337 e. The van der Waals surface area contributed by atoms with E-state index in [9.17, 15) is 9.59 Å². The highest BCUT2D eigenvalue weighted by Gasteiger charge is 2.24. The Bertz CT molecular complexity index is 1070. The lowest BCUT2D eigenvalue weighted by molar-refractivity contribution is 0.0736. The van der Waals surface area contributed by atoms with Gasteiger partial charge >= 0.3 is 5.63 Å². The summed E-state index contributed by atoms with van der Waals surface area (Å²) in [4.78, 5) is 27.0. The van der Waals surface area contributed by atoms with E-state index in [-0.39, 0.29) is 12.0 Å². The molecule has 1 aromatic heterocycles. The number of amides is 1. The molecule has 1 aliphatic heterocycles. The highest BCUT2D eigenvalue weighted by Crippen LogP contribution is 2.26. The third-order valence-corrected chi connectivity index (χ3v) is 4.74. The van der Waals surface area contributed by atoms with Crippen LogP contribution in [0.3, 0.4) is 0 Å². The summed E-state index contributed by atoms with van der Waals surface area (Å²) in [5.41, 5.74) is 2.62. The molecule has 0 N–H and O–H groups in total. The van der Waals surface area contributed by atoms with Crippen LogP contribution < -0.4 is 10.4 Å². The van der Waals surface area contributed by atoms with Gasteiger partial charge in [-0.15, -0.1) is 0 Å². The SMILES string of the molecule is CC(C)Oc1ccc2c(C(=O)N3CCc4ccccc4C3)cc(=O)oc2c1. The van der Waals surface area contributed by atoms with Crippen LogP contribution in [0.5, 0.6) is 5.75 Å². The Morgan fingerprint density at radius 2 is 1.89 bits per heavy atom. The van der Waals surface area contributed by atoms with Crippen molar-refractivity contribution in [3.05, 3.63) is 75.6 Å². The maximum absolute atomic E-state index is 13.2. The van der Waals surface area contributed by atoms with Gasteiger partial charge in [0.1, 0.15) is 11.3 Å². The maximum Gasteiger partial charge on any atom is 0.337 e. The van der Waals surface area contributed by atoms with Crippen LogP contribution in [0.15, 0.2) is 57.7 Å². The van der Waals surface area contributed by atoms with Gasteiger partial charge in [-0.1, -0.05) is 24.3 Å². The number of hydrogen-bond donors (Lipinski definition) is 0. The Morgan fingerprint density at radius 1 is 1.11 bits per heavy atom. The predicted octanol–water partition coefficient (Wildman–Crippen LogP) is 3.78. The first kappa shape index (κ1) is 17.3. The zero-order chi connectivity index (χ0) is 19.0. The number of benzene rings is 2. The molecule has 1 amide bonds. The first-order chi connectivity index (χ1) is 13.0. The van der Waals surface area contributed by atoms with E-state index in [0.29, 0.717) is 35.4 Å². The van der Waals surface area contributed by atoms with E-state index in [2.05, 4.69) is 6.07 Å². The Morgan fingerprint density at radius 3 is 2.67 bits per heavy atom. The van der Waals surface area contributed by atoms with Crippen molar-refractivity contribution < 1.29 is 13.9 Å². The van der Waals surface area contributed by atoms with Crippen molar-refractivity contribution in [2.24, 2.45) is 0 Å². The lowest BCUT2D eigenvalue weighted by Gasteiger charge is -2.29. The molecule has 2 heterocycles. The summed E-state index contributed by atoms with van der Waals surface area (Å²) in [6.45, 7) is 5.03. The third kappa shape index (κ3) is 3.45. The Kier molecular flexibility index (Phi) is 4.44. The molecule has 27 heavy (non-hydrogen) atoms. The molecule has 138 valence electrons. The molecular formula is C22H21NO4. The molecule has 4 rings (SSSR count). The molecule has 3 aromatic rings. The van der Waals surface area contributed by atoms with Crippen molar-refractivity contribution in [2.75, 3.05) is 6.54 Å². The summed E-state index contributed by atoms with van der Waals surface area (Å²) in [5, 5.41) is 0.620. The second kappa shape index (κ2) is 6.91. The van der Waals surface area contributed by atoms with E-state index < -0.39 is 5.63 Å². The number of rotatable bonds is 3. The molecule has 0 bridgehead atoms. The van der Waals surface area contributed by atoms with Crippen molar-refractivity contribution >= 4 is 16.9 Å². The van der Waals surface area contributed by atoms with Crippen molar-refractivity contribution in [3.8, 4) is 5.75 Å². The average molecular weight is 363 g/mol. The number of ether oxygens (including phenoxy) is 1. The minimum absolute atomic E-state index is 0.00686. The molecule has 0 radical (unpaired) electrons. The molecule has 5 heteroatoms. The molecule has 0 unspecified atom stereocenters. The topological polar surface area (TPSA) is 59.8 Å². The molecule has 0 spiro atoms. The average Bonchev–Trinajstić information content (AvgIpc) is 2.65. The first-order valence-corrected chi connectivity index (χ1v) is 9.12. The predicted molar refractivity (Wildman–Crippen MR) is 103 cm³/mol. The van der Waals surface area contributed by atoms with Gasteiger partial charge in [0, 0.05) is 30.6 Å². The summed E-state index contributed by atoms with van der Waals surface area (Å²) < 4.78 is 11.0. The zero-order valence-corrected chi connectivity index (χ0v) is 15.4. The van der Waals surface area contributed by atoms with E-state index >= 15 is 0 Å². The van der Waals surface area contributed by atoms with Crippen LogP contribution in [0.4, 0.5) is 0 Å². The van der Waals surface area contributed by atoms with Crippen LogP contribution in [0, 0.1) is 0 Å². The fourth-order valence-corrected chi connectivity index (χ4v) is 3.50. The minimum atomic E-state index is -0.537. The van der Waals surface area contributed by atoms with Gasteiger partial charge in [0.15, 0.2) is 0 Å². The van der Waals surface area contributed by atoms with E-state index in [1.807, 2.05) is 32.0 Å². The van der Waals surface area contributed by atoms with Gasteiger partial charge in [0.2, 0.25) is 0 Å². The van der Waals surface area contributed by atoms with Gasteiger partial charge in [-0.25, -0.2) is 4.79 Å². The Balaban J connectivity index is 1.71. The van der Waals surface area contributed by atoms with Crippen molar-refractivity contribution in [1.29, 1.82) is 0 Å². The van der Waals surface area contributed by atoms with E-state index in [1.54, 1.807) is 23.1 Å². The summed E-state index contributed by atoms with van der Waals surface area (Å²) >= 11 is 0. The molecule has 2 aromatic carbocycles. The number of hydrogen-bond acceptors (Lipinski definition) is 4. The van der Waals surface area contributed by atoms with Gasteiger partial charge < -0.3 is 14.1 Å². The molecule has 5 nitrogen and oxygen atoms in total.